The topological polar surface area (TPSA) is 60.4 Å². The average Bonchev–Trinajstić information content (AvgIpc) is 3.25. The highest BCUT2D eigenvalue weighted by Gasteiger charge is 2.61. The molecule has 1 spiro atoms. The van der Waals surface area contributed by atoms with E-state index in [4.69, 9.17) is 19.2 Å². The van der Waals surface area contributed by atoms with Gasteiger partial charge in [0.25, 0.3) is 5.91 Å². The molecule has 176 valence electrons. The molecule has 0 saturated heterocycles. The fourth-order valence-corrected chi connectivity index (χ4v) is 5.76. The van der Waals surface area contributed by atoms with Gasteiger partial charge in [-0.2, -0.15) is 0 Å². The third-order valence-electron chi connectivity index (χ3n) is 7.28. The smallest absolute Gasteiger partial charge is 0.256 e. The summed E-state index contributed by atoms with van der Waals surface area (Å²) in [5, 5.41) is 0. The molecule has 3 aromatic carbocycles. The summed E-state index contributed by atoms with van der Waals surface area (Å²) >= 11 is 0. The Hall–Kier alpha value is -4.06. The zero-order chi connectivity index (χ0) is 24.2. The second-order valence-electron chi connectivity index (χ2n) is 9.02. The number of aliphatic imine (C=N–C) groups is 1. The largest absolute Gasteiger partial charge is 0.497 e. The van der Waals surface area contributed by atoms with Crippen LogP contribution < -0.4 is 9.47 Å². The van der Waals surface area contributed by atoms with Gasteiger partial charge in [0.2, 0.25) is 5.90 Å². The van der Waals surface area contributed by atoms with Crippen LogP contribution in [0.1, 0.15) is 22.3 Å². The maximum absolute atomic E-state index is 14.3. The highest BCUT2D eigenvalue weighted by molar-refractivity contribution is 6.23. The molecule has 1 amide bonds. The van der Waals surface area contributed by atoms with Crippen molar-refractivity contribution in [2.75, 3.05) is 21.3 Å². The zero-order valence-corrected chi connectivity index (χ0v) is 19.9. The van der Waals surface area contributed by atoms with E-state index in [2.05, 4.69) is 24.3 Å². The fourth-order valence-electron chi connectivity index (χ4n) is 5.76. The van der Waals surface area contributed by atoms with E-state index in [-0.39, 0.29) is 5.91 Å². The van der Waals surface area contributed by atoms with E-state index >= 15 is 0 Å². The van der Waals surface area contributed by atoms with Crippen molar-refractivity contribution in [3.05, 3.63) is 95.1 Å². The Morgan fingerprint density at radius 3 is 2.46 bits per heavy atom. The lowest BCUT2D eigenvalue weighted by Gasteiger charge is -2.49. The molecule has 3 aliphatic heterocycles. The third kappa shape index (κ3) is 3.02. The summed E-state index contributed by atoms with van der Waals surface area (Å²) in [5.74, 6) is 1.93. The van der Waals surface area contributed by atoms with Crippen LogP contribution in [0.5, 0.6) is 11.5 Å². The molecule has 4 aliphatic rings. The molecule has 3 aromatic rings. The van der Waals surface area contributed by atoms with Crippen molar-refractivity contribution in [2.24, 2.45) is 4.99 Å². The van der Waals surface area contributed by atoms with Gasteiger partial charge in [-0.3, -0.25) is 4.79 Å². The Bertz CT molecular complexity index is 1390. The van der Waals surface area contributed by atoms with E-state index in [9.17, 15) is 4.79 Å². The summed E-state index contributed by atoms with van der Waals surface area (Å²) < 4.78 is 16.9. The molecule has 0 N–H and O–H groups in total. The molecule has 0 fully saturated rings. The van der Waals surface area contributed by atoms with Gasteiger partial charge in [0.1, 0.15) is 17.5 Å². The number of nitrogens with zero attached hydrogens (tertiary/aromatic N) is 2. The first-order valence-corrected chi connectivity index (χ1v) is 11.7. The monoisotopic (exact) mass is 466 g/mol. The Morgan fingerprint density at radius 1 is 0.943 bits per heavy atom. The highest BCUT2D eigenvalue weighted by atomic mass is 16.5. The number of benzene rings is 3. The maximum atomic E-state index is 14.3. The summed E-state index contributed by atoms with van der Waals surface area (Å²) in [5.41, 5.74) is 5.25. The Labute approximate surface area is 204 Å². The SMILES string of the molecule is COC1=NC23Cc4ccccc4C2=C(c2ccccc2)C1N(Cc1ccc(OC)cc1OC)C3=O. The van der Waals surface area contributed by atoms with E-state index in [0.717, 1.165) is 33.4 Å². The van der Waals surface area contributed by atoms with Crippen LogP contribution in [-0.2, 0) is 22.5 Å². The van der Waals surface area contributed by atoms with Crippen molar-refractivity contribution in [1.29, 1.82) is 0 Å². The van der Waals surface area contributed by atoms with Gasteiger partial charge < -0.3 is 19.1 Å². The Kier molecular flexibility index (Phi) is 4.92. The number of hydrogen-bond acceptors (Lipinski definition) is 5. The van der Waals surface area contributed by atoms with Crippen LogP contribution in [0.3, 0.4) is 0 Å². The summed E-state index contributed by atoms with van der Waals surface area (Å²) in [7, 11) is 4.89. The van der Waals surface area contributed by atoms with E-state index in [0.29, 0.717) is 30.4 Å². The number of dihydropyridines is 1. The number of fused-ring (bicyclic) bond motifs is 2. The van der Waals surface area contributed by atoms with Gasteiger partial charge in [0.05, 0.1) is 27.9 Å². The highest BCUT2D eigenvalue weighted by Crippen LogP contribution is 2.55. The van der Waals surface area contributed by atoms with Gasteiger partial charge in [-0.1, -0.05) is 54.6 Å². The lowest BCUT2D eigenvalue weighted by molar-refractivity contribution is -0.137. The summed E-state index contributed by atoms with van der Waals surface area (Å²) in [6.45, 7) is 0.362. The van der Waals surface area contributed by atoms with Crippen molar-refractivity contribution in [3.63, 3.8) is 0 Å². The van der Waals surface area contributed by atoms with E-state index in [1.807, 2.05) is 53.4 Å². The average molecular weight is 467 g/mol. The van der Waals surface area contributed by atoms with E-state index in [1.165, 1.54) is 0 Å². The van der Waals surface area contributed by atoms with Gasteiger partial charge in [-0.25, -0.2) is 4.99 Å². The van der Waals surface area contributed by atoms with Crippen LogP contribution in [0.4, 0.5) is 0 Å². The van der Waals surface area contributed by atoms with Crippen LogP contribution >= 0.6 is 0 Å². The molecule has 6 nitrogen and oxygen atoms in total. The quantitative estimate of drug-likeness (QED) is 0.560. The number of hydrogen-bond donors (Lipinski definition) is 0. The first kappa shape index (κ1) is 21.5. The number of ether oxygens (including phenoxy) is 3. The van der Waals surface area contributed by atoms with Crippen LogP contribution in [0.2, 0.25) is 0 Å². The standard InChI is InChI=1S/C29H26N2O4/c1-33-21-14-13-20(23(15-21)34-2)17-31-26-24(18-9-5-4-6-10-18)25-22-12-8-7-11-19(22)16-29(25,28(31)32)30-27(26)35-3/h4-15,26H,16-17H2,1-3H3. The molecule has 1 aliphatic carbocycles. The molecule has 2 unspecified atom stereocenters. The minimum absolute atomic E-state index is 0.00736. The number of rotatable bonds is 5. The summed E-state index contributed by atoms with van der Waals surface area (Å²) in [6, 6.07) is 23.8. The molecule has 0 aromatic heterocycles. The van der Waals surface area contributed by atoms with Gasteiger partial charge in [-0.15, -0.1) is 0 Å². The normalized spacial score (nSPS) is 22.0. The zero-order valence-electron chi connectivity index (χ0n) is 19.9. The molecule has 7 rings (SSSR count). The van der Waals surface area contributed by atoms with Crippen molar-refractivity contribution in [1.82, 2.24) is 4.90 Å². The van der Waals surface area contributed by atoms with Gasteiger partial charge in [0.15, 0.2) is 5.54 Å². The van der Waals surface area contributed by atoms with E-state index < -0.39 is 11.6 Å². The molecular weight excluding hydrogens is 440 g/mol. The van der Waals surface area contributed by atoms with Crippen LogP contribution in [0.15, 0.2) is 77.8 Å². The lowest BCUT2D eigenvalue weighted by Crippen LogP contribution is -2.63. The molecule has 0 radical (unpaired) electrons. The molecule has 35 heavy (non-hydrogen) atoms. The van der Waals surface area contributed by atoms with Crippen molar-refractivity contribution >= 4 is 23.0 Å². The molecule has 2 bridgehead atoms. The van der Waals surface area contributed by atoms with Gasteiger partial charge >= 0.3 is 0 Å². The number of amides is 1. The summed E-state index contributed by atoms with van der Waals surface area (Å²) in [6.07, 6.45) is 0.517. The molecule has 2 atom stereocenters. The van der Waals surface area contributed by atoms with Gasteiger partial charge in [0, 0.05) is 23.6 Å². The number of methoxy groups -OCH3 is 3. The van der Waals surface area contributed by atoms with E-state index in [1.54, 1.807) is 21.3 Å². The number of carbonyl (C=O) groups is 1. The predicted octanol–water partition coefficient (Wildman–Crippen LogP) is 4.38. The van der Waals surface area contributed by atoms with Crippen LogP contribution in [0, 0.1) is 0 Å². The third-order valence-corrected chi connectivity index (χ3v) is 7.28. The second kappa shape index (κ2) is 8.01. The molecule has 0 saturated carbocycles. The van der Waals surface area contributed by atoms with Crippen LogP contribution in [0.25, 0.3) is 11.1 Å². The van der Waals surface area contributed by atoms with Crippen molar-refractivity contribution in [2.45, 2.75) is 24.5 Å². The second-order valence-corrected chi connectivity index (χ2v) is 9.02. The minimum atomic E-state index is -1.03. The minimum Gasteiger partial charge on any atom is -0.497 e. The lowest BCUT2D eigenvalue weighted by atomic mass is 9.74. The van der Waals surface area contributed by atoms with Crippen molar-refractivity contribution < 1.29 is 19.0 Å². The first-order valence-electron chi connectivity index (χ1n) is 11.7. The van der Waals surface area contributed by atoms with Gasteiger partial charge in [-0.05, 0) is 34.4 Å². The first-order chi connectivity index (χ1) is 17.1. The van der Waals surface area contributed by atoms with Crippen molar-refractivity contribution in [3.8, 4) is 11.5 Å². The molecular formula is C29H26N2O4. The number of carbonyl (C=O) groups excluding carboxylic acids is 1. The van der Waals surface area contributed by atoms with Crippen LogP contribution in [-0.4, -0.2) is 49.6 Å². The maximum Gasteiger partial charge on any atom is 0.256 e. The summed E-state index contributed by atoms with van der Waals surface area (Å²) in [4.78, 5) is 21.2. The predicted molar refractivity (Wildman–Crippen MR) is 134 cm³/mol. The molecule has 3 heterocycles. The Balaban J connectivity index is 1.56. The molecule has 6 heteroatoms. The Morgan fingerprint density at radius 2 is 1.71 bits per heavy atom. The fraction of sp³-hybridized carbons (Fsp3) is 0.241.